The van der Waals surface area contributed by atoms with E-state index in [4.69, 9.17) is 4.74 Å². The molecule has 1 heterocycles. The number of allylic oxidation sites excluding steroid dienone is 2. The average molecular weight is 1300 g/mol. The van der Waals surface area contributed by atoms with Gasteiger partial charge in [-0.25, -0.2) is 0 Å². The Morgan fingerprint density at radius 2 is 0.935 bits per heavy atom. The fourth-order valence-electron chi connectivity index (χ4n) is 11.6. The normalized spacial score (nSPS) is 26.8. The summed E-state index contributed by atoms with van der Waals surface area (Å²) >= 11 is 0. The third kappa shape index (κ3) is 23.4. The smallest absolute Gasteiger partial charge is 0.246 e. The Kier molecular flexibility index (Phi) is 34.3. The van der Waals surface area contributed by atoms with Crippen LogP contribution < -0.4 is 21.3 Å². The lowest BCUT2D eigenvalue weighted by Crippen LogP contribution is -2.64. The van der Waals surface area contributed by atoms with Crippen LogP contribution >= 0.6 is 0 Å². The number of carbonyl (C=O) groups is 11. The Bertz CT molecular complexity index is 2520. The largest absolute Gasteiger partial charge is 0.390 e. The van der Waals surface area contributed by atoms with Gasteiger partial charge >= 0.3 is 0 Å². The molecule has 0 aromatic carbocycles. The first-order valence-electron chi connectivity index (χ1n) is 33.0. The lowest BCUT2D eigenvalue weighted by Gasteiger charge is -2.41. The molecule has 11 amide bonds. The fourth-order valence-corrected chi connectivity index (χ4v) is 11.6. The molecule has 13 atom stereocenters. The van der Waals surface area contributed by atoms with E-state index in [1.165, 1.54) is 99.7 Å². The van der Waals surface area contributed by atoms with Crippen molar-refractivity contribution in [2.45, 2.75) is 241 Å². The first-order chi connectivity index (χ1) is 42.4. The van der Waals surface area contributed by atoms with Gasteiger partial charge in [0, 0.05) is 62.9 Å². The zero-order chi connectivity index (χ0) is 71.5. The minimum atomic E-state index is -1.64. The minimum absolute atomic E-state index is 0.00979. The molecular weight excluding hydrogens is 1180 g/mol. The van der Waals surface area contributed by atoms with E-state index in [9.17, 15) is 24.3 Å². The van der Waals surface area contributed by atoms with E-state index in [0.717, 1.165) is 4.90 Å². The molecule has 0 bridgehead atoms. The molecule has 25 nitrogen and oxygen atoms in total. The molecule has 528 valence electrons. The maximum atomic E-state index is 15.3. The first-order valence-corrected chi connectivity index (χ1v) is 33.0. The zero-order valence-corrected chi connectivity index (χ0v) is 61.1. The second-order valence-electron chi connectivity index (χ2n) is 28.4. The quantitative estimate of drug-likeness (QED) is 0.116. The Labute approximate surface area is 551 Å². The second kappa shape index (κ2) is 37.6. The van der Waals surface area contributed by atoms with Gasteiger partial charge in [-0.1, -0.05) is 95.2 Å². The highest BCUT2D eigenvalue weighted by Crippen LogP contribution is 2.27. The highest BCUT2D eigenvalue weighted by molar-refractivity contribution is 6.00. The van der Waals surface area contributed by atoms with E-state index < -0.39 is 161 Å². The van der Waals surface area contributed by atoms with Crippen LogP contribution in [0.25, 0.3) is 0 Å². The Morgan fingerprint density at radius 3 is 1.39 bits per heavy atom. The van der Waals surface area contributed by atoms with Gasteiger partial charge < -0.3 is 70.3 Å². The summed E-state index contributed by atoms with van der Waals surface area (Å²) in [4.78, 5) is 174. The molecule has 0 spiro atoms. The molecule has 1 fully saturated rings. The molecule has 92 heavy (non-hydrogen) atoms. The maximum absolute atomic E-state index is 15.3. The van der Waals surface area contributed by atoms with Crippen molar-refractivity contribution in [1.29, 1.82) is 0 Å². The van der Waals surface area contributed by atoms with Crippen molar-refractivity contribution in [3.05, 3.63) is 12.2 Å². The van der Waals surface area contributed by atoms with Crippen molar-refractivity contribution < 1.29 is 62.6 Å². The van der Waals surface area contributed by atoms with Gasteiger partial charge in [0.2, 0.25) is 65.0 Å². The van der Waals surface area contributed by atoms with Crippen LogP contribution in [0.2, 0.25) is 0 Å². The summed E-state index contributed by atoms with van der Waals surface area (Å²) in [6, 6.07) is -14.1. The third-order valence-electron chi connectivity index (χ3n) is 17.8. The van der Waals surface area contributed by atoms with Gasteiger partial charge in [-0.3, -0.25) is 52.7 Å². The van der Waals surface area contributed by atoms with Crippen molar-refractivity contribution in [1.82, 2.24) is 60.5 Å². The molecule has 0 radical (unpaired) electrons. The highest BCUT2D eigenvalue weighted by atomic mass is 16.5. The van der Waals surface area contributed by atoms with Gasteiger partial charge in [0.25, 0.3) is 0 Å². The molecule has 1 rings (SSSR count). The summed E-state index contributed by atoms with van der Waals surface area (Å²) in [5.74, 6) is -9.93. The zero-order valence-electron chi connectivity index (χ0n) is 61.1. The molecule has 0 aliphatic carbocycles. The van der Waals surface area contributed by atoms with Crippen LogP contribution in [-0.4, -0.2) is 265 Å². The number of nitrogens with zero attached hydrogens (tertiary/aromatic N) is 8. The molecule has 0 aromatic heterocycles. The van der Waals surface area contributed by atoms with Crippen LogP contribution in [0.3, 0.4) is 0 Å². The van der Waals surface area contributed by atoms with Gasteiger partial charge in [-0.15, -0.1) is 0 Å². The van der Waals surface area contributed by atoms with E-state index in [1.807, 2.05) is 52.5 Å². The third-order valence-corrected chi connectivity index (χ3v) is 17.8. The number of amides is 11. The number of ether oxygens (including phenoxy) is 1. The second-order valence-corrected chi connectivity index (χ2v) is 28.4. The molecule has 0 unspecified atom stereocenters. The number of rotatable bonds is 19. The van der Waals surface area contributed by atoms with E-state index in [1.54, 1.807) is 82.5 Å². The number of hydrogen-bond acceptors (Lipinski definition) is 14. The predicted molar refractivity (Wildman–Crippen MR) is 357 cm³/mol. The fraction of sp³-hybridized carbons (Fsp3) is 0.806. The highest BCUT2D eigenvalue weighted by Gasteiger charge is 2.47. The van der Waals surface area contributed by atoms with Crippen molar-refractivity contribution in [2.75, 3.05) is 77.1 Å². The number of likely N-dealkylation sites (N-methyl/N-ethyl adjacent to an activating group) is 7. The van der Waals surface area contributed by atoms with Crippen molar-refractivity contribution >= 4 is 65.0 Å². The number of carbonyl (C=O) groups excluding carboxylic acids is 11. The standard InChI is InChI=1S/C67H122N12O13/c1-28-30-31-43(13)55(80)54-59(84)70-46(29-2)61(86)73(20)47(32-33-72(18)19)62(87)77(24)51(37-67(16,17)92-27)58(83)71-52(41(9)10)65(90)74(21)48(34-38(3)4)57(82)68-44(14)56(81)69-45(15)60(85)75(22)49(35-39(5)6)63(88)76(23)50(36-40(7)8)64(89)78(25)53(42(11)12)66(91)79(54)26/h28,30,38-55,80H,29,31-37H2,1-27H3,(H,68,82)(H,69,81)(H,70,84)(H,71,83)/t43-,44+,45-,46+,47-,48+,49+,50+,51+,52+,53+,54+,55-/m1/s1. The SMILES string of the molecule is CC=CC[C@@H](C)[C@@H](O)[C@H]1C(=O)N[C@@H](CC)C(=O)N(C)[C@H](CCN(C)C)C(=O)N(C)[C@@H](CC(C)(C)OC)C(=O)N[C@@H](C(C)C)C(=O)N(C)[C@@H](CC(C)C)C(=O)N[C@@H](C)C(=O)N[C@H](C)C(=O)N(C)[C@@H](CC(C)C)C(=O)N(C)[C@@H](CC(C)C)C(=O)N(C)[C@@H](C(C)C)C(=O)N1C. The number of methoxy groups -OCH3 is 1. The minimum Gasteiger partial charge on any atom is -0.390 e. The van der Waals surface area contributed by atoms with Crippen molar-refractivity contribution in [3.63, 3.8) is 0 Å². The van der Waals surface area contributed by atoms with Crippen LogP contribution in [0.15, 0.2) is 12.2 Å². The molecule has 1 aliphatic heterocycles. The summed E-state index contributed by atoms with van der Waals surface area (Å²) in [6.07, 6.45) is 2.74. The Hall–Kier alpha value is -6.21. The molecule has 0 saturated carbocycles. The van der Waals surface area contributed by atoms with Gasteiger partial charge in [0.05, 0.1) is 11.7 Å². The van der Waals surface area contributed by atoms with E-state index in [-0.39, 0.29) is 62.8 Å². The van der Waals surface area contributed by atoms with Crippen LogP contribution in [0.4, 0.5) is 0 Å². The summed E-state index contributed by atoms with van der Waals surface area (Å²) < 4.78 is 5.81. The first kappa shape index (κ1) is 83.8. The van der Waals surface area contributed by atoms with Gasteiger partial charge in [-0.2, -0.15) is 0 Å². The molecule has 1 aliphatic rings. The van der Waals surface area contributed by atoms with Gasteiger partial charge in [0.1, 0.15) is 66.5 Å². The van der Waals surface area contributed by atoms with Crippen LogP contribution in [0, 0.1) is 35.5 Å². The molecule has 0 aromatic rings. The number of nitrogens with one attached hydrogen (secondary N) is 4. The van der Waals surface area contributed by atoms with E-state index in [2.05, 4.69) is 21.3 Å². The number of aliphatic hydroxyl groups excluding tert-OH is 1. The monoisotopic (exact) mass is 1300 g/mol. The predicted octanol–water partition coefficient (Wildman–Crippen LogP) is 3.36. The Balaban J connectivity index is 4.57. The summed E-state index contributed by atoms with van der Waals surface area (Å²) in [5.41, 5.74) is -1.04. The number of aliphatic hydroxyl groups is 1. The van der Waals surface area contributed by atoms with E-state index in [0.29, 0.717) is 6.42 Å². The van der Waals surface area contributed by atoms with Crippen molar-refractivity contribution in [3.8, 4) is 0 Å². The van der Waals surface area contributed by atoms with Crippen LogP contribution in [-0.2, 0) is 57.5 Å². The van der Waals surface area contributed by atoms with Crippen molar-refractivity contribution in [2.24, 2.45) is 35.5 Å². The molecule has 25 heteroatoms. The molecule has 5 N–H and O–H groups in total. The summed E-state index contributed by atoms with van der Waals surface area (Å²) in [6.45, 7) is 29.9. The van der Waals surface area contributed by atoms with Crippen LogP contribution in [0.5, 0.6) is 0 Å². The van der Waals surface area contributed by atoms with Gasteiger partial charge in [0.15, 0.2) is 0 Å². The lowest BCUT2D eigenvalue weighted by atomic mass is 9.91. The summed E-state index contributed by atoms with van der Waals surface area (Å²) in [5, 5.41) is 23.4. The van der Waals surface area contributed by atoms with E-state index >= 15 is 33.6 Å². The number of hydrogen-bond donors (Lipinski definition) is 5. The Morgan fingerprint density at radius 1 is 0.511 bits per heavy atom. The van der Waals surface area contributed by atoms with Crippen LogP contribution in [0.1, 0.15) is 163 Å². The lowest BCUT2D eigenvalue weighted by molar-refractivity contribution is -0.157. The average Bonchev–Trinajstić information content (AvgIpc) is 0.912. The summed E-state index contributed by atoms with van der Waals surface area (Å²) in [7, 11) is 15.0. The molecular formula is C67H122N12O13. The maximum Gasteiger partial charge on any atom is 0.246 e. The molecule has 1 saturated heterocycles. The van der Waals surface area contributed by atoms with Gasteiger partial charge in [-0.05, 0) is 129 Å². The topological polar surface area (TPSA) is 291 Å².